The van der Waals surface area contributed by atoms with E-state index in [2.05, 4.69) is 20.8 Å². The number of aliphatic hydroxyl groups excluding tert-OH is 1. The largest absolute Gasteiger partial charge is 0.396 e. The maximum Gasteiger partial charge on any atom is 0.251 e. The Hall–Kier alpha value is -2.28. The van der Waals surface area contributed by atoms with Gasteiger partial charge < -0.3 is 10.4 Å². The minimum Gasteiger partial charge on any atom is -0.396 e. The van der Waals surface area contributed by atoms with Gasteiger partial charge in [0.05, 0.1) is 5.69 Å². The van der Waals surface area contributed by atoms with Gasteiger partial charge in [-0.1, -0.05) is 25.3 Å². The second-order valence-electron chi connectivity index (χ2n) is 5.97. The number of tetrazole rings is 1. The second-order valence-corrected chi connectivity index (χ2v) is 5.97. The molecule has 2 atom stereocenters. The van der Waals surface area contributed by atoms with E-state index >= 15 is 0 Å². The van der Waals surface area contributed by atoms with E-state index in [4.69, 9.17) is 0 Å². The monoisotopic (exact) mass is 315 g/mol. The number of rotatable bonds is 4. The first-order valence-electron chi connectivity index (χ1n) is 8.03. The van der Waals surface area contributed by atoms with Crippen molar-refractivity contribution in [3.63, 3.8) is 0 Å². The number of carbonyl (C=O) groups excluding carboxylic acids is 1. The lowest BCUT2D eigenvalue weighted by molar-refractivity contribution is 0.0899. The number of aromatic nitrogens is 4. The third kappa shape index (κ3) is 3.73. The minimum atomic E-state index is -0.120. The fourth-order valence-electron chi connectivity index (χ4n) is 3.11. The Kier molecular flexibility index (Phi) is 4.97. The molecule has 1 heterocycles. The number of hydrogen-bond donors (Lipinski definition) is 2. The molecule has 0 aliphatic heterocycles. The zero-order valence-corrected chi connectivity index (χ0v) is 12.9. The predicted molar refractivity (Wildman–Crippen MR) is 84.1 cm³/mol. The maximum absolute atomic E-state index is 12.6. The lowest BCUT2D eigenvalue weighted by atomic mass is 9.95. The molecule has 7 heteroatoms. The summed E-state index contributed by atoms with van der Waals surface area (Å²) in [6.45, 7) is 0.121. The first-order chi connectivity index (χ1) is 11.3. The number of aliphatic hydroxyl groups is 1. The van der Waals surface area contributed by atoms with Crippen molar-refractivity contribution in [1.82, 2.24) is 25.5 Å². The van der Waals surface area contributed by atoms with Gasteiger partial charge in [-0.3, -0.25) is 4.79 Å². The van der Waals surface area contributed by atoms with Crippen molar-refractivity contribution < 1.29 is 9.90 Å². The normalized spacial score (nSPS) is 21.6. The van der Waals surface area contributed by atoms with E-state index in [0.717, 1.165) is 37.8 Å². The minimum absolute atomic E-state index is 0.0340. The van der Waals surface area contributed by atoms with Gasteiger partial charge in [0.25, 0.3) is 5.91 Å². The standard InChI is InChI=1S/C16H21N5O2/c22-10-13-5-2-1-3-8-15(13)18-16(23)12-6-4-7-14(9-12)21-11-17-19-20-21/h4,6-7,9,11,13,15,22H,1-3,5,8,10H2,(H,18,23). The molecule has 1 fully saturated rings. The van der Waals surface area contributed by atoms with Crippen molar-refractivity contribution in [2.24, 2.45) is 5.92 Å². The SMILES string of the molecule is O=C(NC1CCCCCC1CO)c1cccc(-n2cnnn2)c1. The van der Waals surface area contributed by atoms with Crippen molar-refractivity contribution in [3.05, 3.63) is 36.2 Å². The molecule has 7 nitrogen and oxygen atoms in total. The zero-order chi connectivity index (χ0) is 16.1. The summed E-state index contributed by atoms with van der Waals surface area (Å²) in [5.41, 5.74) is 1.31. The topological polar surface area (TPSA) is 92.9 Å². The summed E-state index contributed by atoms with van der Waals surface area (Å²) in [6, 6.07) is 7.22. The lowest BCUT2D eigenvalue weighted by Crippen LogP contribution is -2.41. The molecule has 122 valence electrons. The van der Waals surface area contributed by atoms with Gasteiger partial charge in [-0.05, 0) is 41.5 Å². The van der Waals surface area contributed by atoms with Gasteiger partial charge in [-0.25, -0.2) is 4.68 Å². The Balaban J connectivity index is 1.73. The Morgan fingerprint density at radius 2 is 2.17 bits per heavy atom. The first kappa shape index (κ1) is 15.6. The molecule has 1 aliphatic carbocycles. The van der Waals surface area contributed by atoms with E-state index in [1.807, 2.05) is 12.1 Å². The summed E-state index contributed by atoms with van der Waals surface area (Å²) in [7, 11) is 0. The van der Waals surface area contributed by atoms with Crippen molar-refractivity contribution >= 4 is 5.91 Å². The molecular weight excluding hydrogens is 294 g/mol. The van der Waals surface area contributed by atoms with Gasteiger partial charge in [0.2, 0.25) is 0 Å². The number of benzene rings is 1. The van der Waals surface area contributed by atoms with Crippen LogP contribution in [0.3, 0.4) is 0 Å². The van der Waals surface area contributed by atoms with Crippen LogP contribution in [0.1, 0.15) is 42.5 Å². The van der Waals surface area contributed by atoms with Gasteiger partial charge in [-0.2, -0.15) is 0 Å². The summed E-state index contributed by atoms with van der Waals surface area (Å²) in [5, 5.41) is 23.7. The number of nitrogens with one attached hydrogen (secondary N) is 1. The van der Waals surface area contributed by atoms with Crippen LogP contribution in [0.4, 0.5) is 0 Å². The molecule has 1 aliphatic rings. The van der Waals surface area contributed by atoms with Gasteiger partial charge in [0, 0.05) is 24.1 Å². The molecule has 3 rings (SSSR count). The highest BCUT2D eigenvalue weighted by molar-refractivity contribution is 5.94. The average Bonchev–Trinajstić information content (AvgIpc) is 3.03. The molecule has 0 bridgehead atoms. The van der Waals surface area contributed by atoms with E-state index in [1.54, 1.807) is 12.1 Å². The summed E-state index contributed by atoms with van der Waals surface area (Å²) in [4.78, 5) is 12.6. The molecule has 0 spiro atoms. The fraction of sp³-hybridized carbons (Fsp3) is 0.500. The van der Waals surface area contributed by atoms with Crippen molar-refractivity contribution in [3.8, 4) is 5.69 Å². The van der Waals surface area contributed by atoms with Crippen molar-refractivity contribution in [2.75, 3.05) is 6.61 Å². The van der Waals surface area contributed by atoms with E-state index in [9.17, 15) is 9.90 Å². The van der Waals surface area contributed by atoms with Crippen LogP contribution < -0.4 is 5.32 Å². The van der Waals surface area contributed by atoms with Crippen LogP contribution in [-0.2, 0) is 0 Å². The van der Waals surface area contributed by atoms with Crippen LogP contribution in [0.15, 0.2) is 30.6 Å². The molecule has 1 aromatic heterocycles. The van der Waals surface area contributed by atoms with Crippen LogP contribution in [0.2, 0.25) is 0 Å². The van der Waals surface area contributed by atoms with Crippen molar-refractivity contribution in [1.29, 1.82) is 0 Å². The van der Waals surface area contributed by atoms with E-state index < -0.39 is 0 Å². The summed E-state index contributed by atoms with van der Waals surface area (Å²) < 4.78 is 1.51. The number of nitrogens with zero attached hydrogens (tertiary/aromatic N) is 4. The summed E-state index contributed by atoms with van der Waals surface area (Å²) in [6.07, 6.45) is 6.75. The van der Waals surface area contributed by atoms with Crippen LogP contribution in [-0.4, -0.2) is 43.9 Å². The molecule has 23 heavy (non-hydrogen) atoms. The van der Waals surface area contributed by atoms with Gasteiger partial charge >= 0.3 is 0 Å². The smallest absolute Gasteiger partial charge is 0.251 e. The Morgan fingerprint density at radius 3 is 2.96 bits per heavy atom. The number of amides is 1. The molecule has 1 aromatic carbocycles. The van der Waals surface area contributed by atoms with E-state index in [0.29, 0.717) is 5.56 Å². The molecule has 1 saturated carbocycles. The molecule has 2 unspecified atom stereocenters. The molecule has 0 radical (unpaired) electrons. The highest BCUT2D eigenvalue weighted by atomic mass is 16.3. The Labute approximate surface area is 134 Å². The van der Waals surface area contributed by atoms with Crippen molar-refractivity contribution in [2.45, 2.75) is 38.1 Å². The Morgan fingerprint density at radius 1 is 1.30 bits per heavy atom. The molecule has 0 saturated heterocycles. The van der Waals surface area contributed by atoms with Crippen LogP contribution >= 0.6 is 0 Å². The third-order valence-electron chi connectivity index (χ3n) is 4.43. The highest BCUT2D eigenvalue weighted by Gasteiger charge is 2.25. The zero-order valence-electron chi connectivity index (χ0n) is 12.9. The Bertz CT molecular complexity index is 644. The van der Waals surface area contributed by atoms with Crippen LogP contribution in [0.25, 0.3) is 5.69 Å². The van der Waals surface area contributed by atoms with Gasteiger partial charge in [0.15, 0.2) is 0 Å². The second kappa shape index (κ2) is 7.32. The van der Waals surface area contributed by atoms with Gasteiger partial charge in [0.1, 0.15) is 6.33 Å². The number of carbonyl (C=O) groups is 1. The number of hydrogen-bond acceptors (Lipinski definition) is 5. The van der Waals surface area contributed by atoms with E-state index in [-0.39, 0.29) is 24.5 Å². The van der Waals surface area contributed by atoms with E-state index in [1.165, 1.54) is 11.0 Å². The quantitative estimate of drug-likeness (QED) is 0.830. The van der Waals surface area contributed by atoms with Crippen LogP contribution in [0.5, 0.6) is 0 Å². The van der Waals surface area contributed by atoms with Gasteiger partial charge in [-0.15, -0.1) is 5.10 Å². The van der Waals surface area contributed by atoms with Crippen LogP contribution in [0, 0.1) is 5.92 Å². The molecule has 1 amide bonds. The molecule has 2 aromatic rings. The first-order valence-corrected chi connectivity index (χ1v) is 8.03. The lowest BCUT2D eigenvalue weighted by Gasteiger charge is -2.24. The highest BCUT2D eigenvalue weighted by Crippen LogP contribution is 2.23. The predicted octanol–water partition coefficient (Wildman–Crippen LogP) is 1.33. The summed E-state index contributed by atoms with van der Waals surface area (Å²) in [5.74, 6) is 0.0226. The maximum atomic E-state index is 12.6. The molecule has 2 N–H and O–H groups in total. The molecular formula is C16H21N5O2. The summed E-state index contributed by atoms with van der Waals surface area (Å²) >= 11 is 0. The fourth-order valence-corrected chi connectivity index (χ4v) is 3.11. The average molecular weight is 315 g/mol. The third-order valence-corrected chi connectivity index (χ3v) is 4.43.